The van der Waals surface area contributed by atoms with E-state index in [0.29, 0.717) is 5.76 Å². The van der Waals surface area contributed by atoms with Gasteiger partial charge in [-0.2, -0.15) is 21.6 Å². The highest BCUT2D eigenvalue weighted by Crippen LogP contribution is 2.34. The predicted molar refractivity (Wildman–Crippen MR) is 62.5 cm³/mol. The van der Waals surface area contributed by atoms with E-state index in [-0.39, 0.29) is 16.5 Å². The molecule has 9 heteroatoms. The van der Waals surface area contributed by atoms with Crippen molar-refractivity contribution in [3.05, 3.63) is 29.5 Å². The van der Waals surface area contributed by atoms with E-state index >= 15 is 0 Å². The third-order valence-corrected chi connectivity index (χ3v) is 3.41. The van der Waals surface area contributed by atoms with Crippen LogP contribution in [0.15, 0.2) is 22.6 Å². The largest absolute Gasteiger partial charge is 0.534 e. The number of aliphatic hydroxyl groups excluding tert-OH is 1. The lowest BCUT2D eigenvalue weighted by Crippen LogP contribution is -2.28. The summed E-state index contributed by atoms with van der Waals surface area (Å²) >= 11 is 0. The minimum absolute atomic E-state index is 0.0764. The maximum Gasteiger partial charge on any atom is 0.534 e. The molecule has 0 bridgehead atoms. The Morgan fingerprint density at radius 2 is 1.95 bits per heavy atom. The van der Waals surface area contributed by atoms with Crippen LogP contribution in [0, 0.1) is 6.92 Å². The maximum atomic E-state index is 12.3. The molecule has 0 fully saturated rings. The molecule has 0 unspecified atom stereocenters. The van der Waals surface area contributed by atoms with Crippen LogP contribution in [0.5, 0.6) is 5.75 Å². The van der Waals surface area contributed by atoms with Crippen LogP contribution in [0.1, 0.15) is 11.3 Å². The fourth-order valence-corrected chi connectivity index (χ4v) is 2.08. The highest BCUT2D eigenvalue weighted by Gasteiger charge is 2.48. The van der Waals surface area contributed by atoms with Crippen LogP contribution in [0.2, 0.25) is 0 Å². The summed E-state index contributed by atoms with van der Waals surface area (Å²) in [7, 11) is -5.78. The zero-order valence-electron chi connectivity index (χ0n) is 10.1. The molecule has 0 aliphatic carbocycles. The van der Waals surface area contributed by atoms with Gasteiger partial charge in [0.25, 0.3) is 0 Å². The Hall–Kier alpha value is -1.74. The fraction of sp³-hybridized carbons (Fsp3) is 0.273. The molecule has 1 aromatic carbocycles. The Morgan fingerprint density at radius 1 is 1.30 bits per heavy atom. The summed E-state index contributed by atoms with van der Waals surface area (Å²) in [6, 6.07) is 3.74. The number of benzene rings is 1. The average Bonchev–Trinajstić information content (AvgIpc) is 2.67. The second kappa shape index (κ2) is 4.67. The minimum Gasteiger partial charge on any atom is -0.461 e. The van der Waals surface area contributed by atoms with Crippen molar-refractivity contribution in [3.63, 3.8) is 0 Å². The topological polar surface area (TPSA) is 76.7 Å². The number of aryl methyl sites for hydroxylation is 1. The lowest BCUT2D eigenvalue weighted by atomic mass is 10.1. The Kier molecular flexibility index (Phi) is 3.42. The molecule has 2 rings (SSSR count). The van der Waals surface area contributed by atoms with E-state index in [1.165, 1.54) is 12.1 Å². The van der Waals surface area contributed by atoms with Crippen molar-refractivity contribution in [2.75, 3.05) is 0 Å². The van der Waals surface area contributed by atoms with Gasteiger partial charge in [-0.3, -0.25) is 0 Å². The highest BCUT2D eigenvalue weighted by molar-refractivity contribution is 7.88. The van der Waals surface area contributed by atoms with Gasteiger partial charge in [0.15, 0.2) is 5.75 Å². The van der Waals surface area contributed by atoms with Crippen molar-refractivity contribution in [2.45, 2.75) is 19.0 Å². The molecule has 0 amide bonds. The van der Waals surface area contributed by atoms with Crippen molar-refractivity contribution in [3.8, 4) is 5.75 Å². The summed E-state index contributed by atoms with van der Waals surface area (Å²) in [6.45, 7) is 1.04. The number of halogens is 3. The molecular formula is C11H9F3O5S. The van der Waals surface area contributed by atoms with Crippen LogP contribution in [0.4, 0.5) is 13.2 Å². The fourth-order valence-electron chi connectivity index (χ4n) is 1.61. The number of alkyl halides is 3. The van der Waals surface area contributed by atoms with Gasteiger partial charge in [-0.15, -0.1) is 0 Å². The van der Waals surface area contributed by atoms with E-state index < -0.39 is 28.0 Å². The van der Waals surface area contributed by atoms with E-state index in [0.717, 1.165) is 6.07 Å². The number of furan rings is 1. The molecule has 0 saturated carbocycles. The quantitative estimate of drug-likeness (QED) is 0.696. The lowest BCUT2D eigenvalue weighted by Gasteiger charge is -2.10. The summed E-state index contributed by atoms with van der Waals surface area (Å²) in [5, 5.41) is 9.09. The monoisotopic (exact) mass is 310 g/mol. The van der Waals surface area contributed by atoms with Crippen LogP contribution in [0.3, 0.4) is 0 Å². The third kappa shape index (κ3) is 2.59. The number of fused-ring (bicyclic) bond motifs is 1. The van der Waals surface area contributed by atoms with E-state index in [1.54, 1.807) is 6.92 Å². The van der Waals surface area contributed by atoms with Crippen LogP contribution in [-0.4, -0.2) is 19.0 Å². The number of aliphatic hydroxyl groups is 1. The molecule has 110 valence electrons. The Balaban J connectivity index is 2.59. The molecule has 20 heavy (non-hydrogen) atoms. The highest BCUT2D eigenvalue weighted by atomic mass is 32.2. The van der Waals surface area contributed by atoms with Crippen LogP contribution < -0.4 is 4.18 Å². The van der Waals surface area contributed by atoms with Crippen molar-refractivity contribution in [2.24, 2.45) is 0 Å². The Bertz CT molecular complexity index is 745. The van der Waals surface area contributed by atoms with Crippen molar-refractivity contribution in [1.29, 1.82) is 0 Å². The first kappa shape index (κ1) is 14.7. The number of hydrogen-bond acceptors (Lipinski definition) is 5. The zero-order chi connectivity index (χ0) is 15.1. The van der Waals surface area contributed by atoms with Crippen molar-refractivity contribution in [1.82, 2.24) is 0 Å². The van der Waals surface area contributed by atoms with Gasteiger partial charge >= 0.3 is 15.6 Å². The van der Waals surface area contributed by atoms with E-state index in [2.05, 4.69) is 4.18 Å². The summed E-state index contributed by atoms with van der Waals surface area (Å²) in [4.78, 5) is 0. The molecule has 0 aliphatic heterocycles. The van der Waals surface area contributed by atoms with E-state index in [4.69, 9.17) is 9.52 Å². The van der Waals surface area contributed by atoms with Gasteiger partial charge in [0.05, 0.1) is 12.0 Å². The van der Waals surface area contributed by atoms with Crippen molar-refractivity contribution >= 4 is 21.1 Å². The van der Waals surface area contributed by atoms with E-state index in [9.17, 15) is 21.6 Å². The van der Waals surface area contributed by atoms with Gasteiger partial charge in [-0.1, -0.05) is 0 Å². The predicted octanol–water partition coefficient (Wildman–Crippen LogP) is 2.46. The maximum absolute atomic E-state index is 12.3. The molecule has 5 nitrogen and oxygen atoms in total. The van der Waals surface area contributed by atoms with Crippen LogP contribution in [0.25, 0.3) is 11.0 Å². The molecule has 1 heterocycles. The minimum atomic E-state index is -5.78. The van der Waals surface area contributed by atoms with Gasteiger partial charge in [0.2, 0.25) is 0 Å². The van der Waals surface area contributed by atoms with E-state index in [1.807, 2.05) is 0 Å². The first-order chi connectivity index (χ1) is 9.14. The SMILES string of the molecule is Cc1cc2c(OS(=O)(=O)C(F)(F)F)cc(CO)cc2o1. The summed E-state index contributed by atoms with van der Waals surface area (Å²) in [6.07, 6.45) is 0. The summed E-state index contributed by atoms with van der Waals surface area (Å²) in [5.74, 6) is -0.176. The van der Waals surface area contributed by atoms with Crippen LogP contribution >= 0.6 is 0 Å². The molecule has 1 aromatic heterocycles. The number of hydrogen-bond donors (Lipinski definition) is 1. The lowest BCUT2D eigenvalue weighted by molar-refractivity contribution is -0.0499. The Labute approximate surface area is 111 Å². The normalized spacial score (nSPS) is 12.8. The third-order valence-electron chi connectivity index (χ3n) is 2.45. The van der Waals surface area contributed by atoms with Crippen LogP contribution in [-0.2, 0) is 16.7 Å². The number of rotatable bonds is 3. The zero-order valence-corrected chi connectivity index (χ0v) is 10.9. The molecule has 2 aromatic rings. The first-order valence-corrected chi connectivity index (χ1v) is 6.69. The molecular weight excluding hydrogens is 301 g/mol. The first-order valence-electron chi connectivity index (χ1n) is 5.29. The second-order valence-corrected chi connectivity index (χ2v) is 5.54. The summed E-state index contributed by atoms with van der Waals surface area (Å²) < 4.78 is 68.3. The second-order valence-electron chi connectivity index (χ2n) is 4.00. The average molecular weight is 310 g/mol. The molecule has 0 spiro atoms. The molecule has 1 N–H and O–H groups in total. The molecule has 0 radical (unpaired) electrons. The van der Waals surface area contributed by atoms with Gasteiger partial charge in [0, 0.05) is 0 Å². The van der Waals surface area contributed by atoms with Gasteiger partial charge in [-0.05, 0) is 30.7 Å². The van der Waals surface area contributed by atoms with Gasteiger partial charge in [0.1, 0.15) is 11.3 Å². The summed E-state index contributed by atoms with van der Waals surface area (Å²) in [5.41, 5.74) is -5.24. The standard InChI is InChI=1S/C11H9F3O5S/c1-6-2-8-9(18-6)3-7(5-15)4-10(8)19-20(16,17)11(12,13)14/h2-4,15H,5H2,1H3. The molecule has 0 saturated heterocycles. The van der Waals surface area contributed by atoms with Crippen molar-refractivity contribution < 1.29 is 35.3 Å². The van der Waals surface area contributed by atoms with Gasteiger partial charge in [-0.25, -0.2) is 0 Å². The smallest absolute Gasteiger partial charge is 0.461 e. The Morgan fingerprint density at radius 3 is 2.50 bits per heavy atom. The van der Waals surface area contributed by atoms with Gasteiger partial charge < -0.3 is 13.7 Å². The molecule has 0 aliphatic rings. The molecule has 0 atom stereocenters.